The maximum atomic E-state index is 13.5. The van der Waals surface area contributed by atoms with Crippen LogP contribution < -0.4 is 9.64 Å². The van der Waals surface area contributed by atoms with Crippen LogP contribution in [0.3, 0.4) is 0 Å². The lowest BCUT2D eigenvalue weighted by molar-refractivity contribution is -0.134. The molecule has 5 nitrogen and oxygen atoms in total. The number of nitrogens with zero attached hydrogens (tertiary/aromatic N) is 2. The van der Waals surface area contributed by atoms with Crippen molar-refractivity contribution in [3.63, 3.8) is 0 Å². The zero-order valence-electron chi connectivity index (χ0n) is 17.9. The van der Waals surface area contributed by atoms with Crippen molar-refractivity contribution in [2.24, 2.45) is 0 Å². The first kappa shape index (κ1) is 23.3. The summed E-state index contributed by atoms with van der Waals surface area (Å²) in [6, 6.07) is 5.06. The molecule has 0 saturated heterocycles. The van der Waals surface area contributed by atoms with Crippen molar-refractivity contribution in [1.29, 1.82) is 0 Å². The molecule has 3 rings (SSSR count). The summed E-state index contributed by atoms with van der Waals surface area (Å²) in [7, 11) is 2.14. The quantitative estimate of drug-likeness (QED) is 0.226. The van der Waals surface area contributed by atoms with Crippen LogP contribution in [0.1, 0.15) is 51.9 Å². The lowest BCUT2D eigenvalue weighted by Crippen LogP contribution is -2.42. The standard InChI is InChI=1S/C22H31FN2O3S2/c1-4-5-8-16-13-25(15-9-6-7-10-15)18-11-21(29-3)19(12-20(18)30-24(16)2)28-14-17(23)22(26)27/h11-12,14-16H,4-10,13H2,1-3H3,(H,26,27)/b17-14-. The number of carboxylic acids is 1. The maximum absolute atomic E-state index is 13.5. The fourth-order valence-corrected chi connectivity index (χ4v) is 5.79. The lowest BCUT2D eigenvalue weighted by atomic mass is 10.1. The number of unbranched alkanes of at least 4 members (excludes halogenated alkanes) is 1. The Morgan fingerprint density at radius 2 is 2.13 bits per heavy atom. The lowest BCUT2D eigenvalue weighted by Gasteiger charge is -2.34. The Kier molecular flexibility index (Phi) is 8.36. The molecule has 1 saturated carbocycles. The highest BCUT2D eigenvalue weighted by atomic mass is 32.2. The number of hydrogen-bond donors (Lipinski definition) is 1. The number of rotatable bonds is 8. The molecule has 0 aromatic heterocycles. The third-order valence-corrected chi connectivity index (χ3v) is 7.74. The van der Waals surface area contributed by atoms with Gasteiger partial charge in [-0.3, -0.25) is 0 Å². The number of fused-ring (bicyclic) bond motifs is 1. The molecule has 0 amide bonds. The second-order valence-electron chi connectivity index (χ2n) is 7.88. The van der Waals surface area contributed by atoms with Crippen LogP contribution in [-0.4, -0.2) is 47.3 Å². The molecule has 1 unspecified atom stereocenters. The molecule has 0 spiro atoms. The van der Waals surface area contributed by atoms with Crippen LogP contribution in [-0.2, 0) is 4.79 Å². The Balaban J connectivity index is 1.98. The number of aliphatic carboxylic acids is 1. The highest BCUT2D eigenvalue weighted by molar-refractivity contribution is 7.98. The van der Waals surface area contributed by atoms with Gasteiger partial charge in [0.25, 0.3) is 0 Å². The van der Waals surface area contributed by atoms with Gasteiger partial charge in [0.1, 0.15) is 12.0 Å². The van der Waals surface area contributed by atoms with Gasteiger partial charge in [-0.15, -0.1) is 11.8 Å². The number of thioether (sulfide) groups is 1. The molecule has 1 aliphatic carbocycles. The third-order valence-electron chi connectivity index (χ3n) is 5.87. The Bertz CT molecular complexity index is 784. The number of likely N-dealkylation sites (N-methyl/N-ethyl adjacent to an activating group) is 1. The maximum Gasteiger partial charge on any atom is 0.368 e. The first-order valence-electron chi connectivity index (χ1n) is 10.6. The molecule has 1 aromatic carbocycles. The summed E-state index contributed by atoms with van der Waals surface area (Å²) in [5, 5.41) is 8.76. The summed E-state index contributed by atoms with van der Waals surface area (Å²) in [5.74, 6) is -2.46. The first-order chi connectivity index (χ1) is 14.4. The van der Waals surface area contributed by atoms with Crippen molar-refractivity contribution in [2.45, 2.75) is 73.7 Å². The molecule has 1 heterocycles. The Labute approximate surface area is 187 Å². The topological polar surface area (TPSA) is 53.0 Å². The SMILES string of the molecule is CCCCC1CN(C2CCCC2)c2cc(SC)c(O/C=C(\F)C(=O)O)cc2SN1C. The number of hydrogen-bond acceptors (Lipinski definition) is 6. The van der Waals surface area contributed by atoms with Gasteiger partial charge in [0, 0.05) is 18.6 Å². The van der Waals surface area contributed by atoms with E-state index in [9.17, 15) is 9.18 Å². The molecule has 0 radical (unpaired) electrons. The number of halogens is 1. The normalized spacial score (nSPS) is 20.9. The minimum Gasteiger partial charge on any atom is -0.476 e. The van der Waals surface area contributed by atoms with Gasteiger partial charge in [-0.25, -0.2) is 9.10 Å². The van der Waals surface area contributed by atoms with Gasteiger partial charge < -0.3 is 14.7 Å². The molecule has 8 heteroatoms. The minimum absolute atomic E-state index is 0.453. The van der Waals surface area contributed by atoms with Crippen LogP contribution in [0.2, 0.25) is 0 Å². The monoisotopic (exact) mass is 454 g/mol. The first-order valence-corrected chi connectivity index (χ1v) is 12.6. The average molecular weight is 455 g/mol. The molecule has 30 heavy (non-hydrogen) atoms. The summed E-state index contributed by atoms with van der Waals surface area (Å²) in [6.45, 7) is 3.23. The van der Waals surface area contributed by atoms with Gasteiger partial charge in [0.15, 0.2) is 0 Å². The number of ether oxygens (including phenoxy) is 1. The fraction of sp³-hybridized carbons (Fsp3) is 0.591. The second kappa shape index (κ2) is 10.8. The van der Waals surface area contributed by atoms with E-state index >= 15 is 0 Å². The van der Waals surface area contributed by atoms with Crippen molar-refractivity contribution in [3.8, 4) is 5.75 Å². The van der Waals surface area contributed by atoms with E-state index in [0.29, 0.717) is 24.1 Å². The van der Waals surface area contributed by atoms with Gasteiger partial charge in [0.2, 0.25) is 5.83 Å². The summed E-state index contributed by atoms with van der Waals surface area (Å²) in [6.07, 6.45) is 11.1. The van der Waals surface area contributed by atoms with Gasteiger partial charge in [-0.1, -0.05) is 32.6 Å². The Morgan fingerprint density at radius 1 is 1.40 bits per heavy atom. The average Bonchev–Trinajstić information content (AvgIpc) is 3.22. The van der Waals surface area contributed by atoms with E-state index in [1.54, 1.807) is 11.9 Å². The molecule has 1 N–H and O–H groups in total. The van der Waals surface area contributed by atoms with E-state index in [4.69, 9.17) is 9.84 Å². The predicted octanol–water partition coefficient (Wildman–Crippen LogP) is 5.94. The Morgan fingerprint density at radius 3 is 2.77 bits per heavy atom. The fourth-order valence-electron chi connectivity index (χ4n) is 4.19. The van der Waals surface area contributed by atoms with Crippen molar-refractivity contribution < 1.29 is 19.0 Å². The van der Waals surface area contributed by atoms with Crippen molar-refractivity contribution in [3.05, 3.63) is 24.2 Å². The van der Waals surface area contributed by atoms with Crippen LogP contribution in [0.15, 0.2) is 34.0 Å². The molecule has 2 aliphatic rings. The largest absolute Gasteiger partial charge is 0.476 e. The van der Waals surface area contributed by atoms with Crippen molar-refractivity contribution in [2.75, 3.05) is 24.7 Å². The summed E-state index contributed by atoms with van der Waals surface area (Å²) < 4.78 is 21.2. The third kappa shape index (κ3) is 5.45. The van der Waals surface area contributed by atoms with E-state index < -0.39 is 11.8 Å². The van der Waals surface area contributed by atoms with Crippen LogP contribution in [0, 0.1) is 0 Å². The second-order valence-corrected chi connectivity index (χ2v) is 9.93. The molecular weight excluding hydrogens is 423 g/mol. The molecule has 0 bridgehead atoms. The van der Waals surface area contributed by atoms with E-state index in [1.807, 2.05) is 12.3 Å². The van der Waals surface area contributed by atoms with E-state index in [2.05, 4.69) is 29.2 Å². The molecular formula is C22H31FN2O3S2. The predicted molar refractivity (Wildman–Crippen MR) is 122 cm³/mol. The number of benzene rings is 1. The summed E-state index contributed by atoms with van der Waals surface area (Å²) >= 11 is 3.22. The van der Waals surface area contributed by atoms with Crippen LogP contribution >= 0.6 is 23.7 Å². The van der Waals surface area contributed by atoms with Crippen molar-refractivity contribution >= 4 is 35.4 Å². The summed E-state index contributed by atoms with van der Waals surface area (Å²) in [4.78, 5) is 15.3. The van der Waals surface area contributed by atoms with E-state index in [1.165, 1.54) is 56.0 Å². The highest BCUT2D eigenvalue weighted by Crippen LogP contribution is 2.45. The zero-order valence-corrected chi connectivity index (χ0v) is 19.5. The van der Waals surface area contributed by atoms with E-state index in [-0.39, 0.29) is 0 Å². The van der Waals surface area contributed by atoms with Gasteiger partial charge in [-0.2, -0.15) is 4.39 Å². The van der Waals surface area contributed by atoms with Gasteiger partial charge >= 0.3 is 5.97 Å². The minimum atomic E-state index is -1.63. The smallest absolute Gasteiger partial charge is 0.368 e. The molecule has 1 aliphatic heterocycles. The Hall–Kier alpha value is -1.38. The van der Waals surface area contributed by atoms with Crippen LogP contribution in [0.5, 0.6) is 5.75 Å². The van der Waals surface area contributed by atoms with Crippen molar-refractivity contribution in [1.82, 2.24) is 4.31 Å². The number of carbonyl (C=O) groups is 1. The van der Waals surface area contributed by atoms with Crippen LogP contribution in [0.25, 0.3) is 0 Å². The highest BCUT2D eigenvalue weighted by Gasteiger charge is 2.32. The number of anilines is 1. The molecule has 1 fully saturated rings. The van der Waals surface area contributed by atoms with E-state index in [0.717, 1.165) is 22.8 Å². The van der Waals surface area contributed by atoms with Gasteiger partial charge in [0.05, 0.1) is 15.5 Å². The number of carboxylic acid groups (broad SMARTS) is 1. The molecule has 166 valence electrons. The molecule has 1 atom stereocenters. The van der Waals surface area contributed by atoms with Crippen LogP contribution in [0.4, 0.5) is 10.1 Å². The van der Waals surface area contributed by atoms with Gasteiger partial charge in [-0.05, 0) is 56.6 Å². The zero-order chi connectivity index (χ0) is 21.7. The summed E-state index contributed by atoms with van der Waals surface area (Å²) in [5.41, 5.74) is 1.21. The molecule has 1 aromatic rings.